The van der Waals surface area contributed by atoms with Crippen LogP contribution in [-0.4, -0.2) is 9.55 Å². The molecule has 0 saturated carbocycles. The Morgan fingerprint density at radius 2 is 1.14 bits per heavy atom. The van der Waals surface area contributed by atoms with Crippen LogP contribution in [0.15, 0.2) is 146 Å². The Labute approximate surface area is 248 Å². The quantitative estimate of drug-likeness (QED) is 0.212. The van der Waals surface area contributed by atoms with Crippen molar-refractivity contribution in [1.82, 2.24) is 9.55 Å². The van der Waals surface area contributed by atoms with E-state index >= 15 is 0 Å². The molecule has 43 heavy (non-hydrogen) atoms. The average molecular weight is 545 g/mol. The van der Waals surface area contributed by atoms with Crippen molar-refractivity contribution in [1.29, 1.82) is 0 Å². The molecule has 198 valence electrons. The highest BCUT2D eigenvalue weighted by atomic mass is 15.0. The van der Waals surface area contributed by atoms with Gasteiger partial charge in [0.05, 0.1) is 22.9 Å². The molecular weight excluding hydrogens is 520 g/mol. The van der Waals surface area contributed by atoms with Gasteiger partial charge in [0.15, 0.2) is 0 Å². The minimum absolute atomic E-state index is 1.07. The van der Waals surface area contributed by atoms with E-state index < -0.39 is 0 Å². The molecule has 10 rings (SSSR count). The predicted octanol–water partition coefficient (Wildman–Crippen LogP) is 11.0. The van der Waals surface area contributed by atoms with Crippen LogP contribution >= 0.6 is 0 Å². The summed E-state index contributed by atoms with van der Waals surface area (Å²) in [5, 5.41) is 10.3. The van der Waals surface area contributed by atoms with Crippen LogP contribution in [0.5, 0.6) is 0 Å². The second-order valence-corrected chi connectivity index (χ2v) is 11.6. The topological polar surface area (TPSA) is 17.8 Å². The van der Waals surface area contributed by atoms with Gasteiger partial charge in [0.2, 0.25) is 0 Å². The van der Waals surface area contributed by atoms with Crippen LogP contribution in [0.3, 0.4) is 0 Å². The normalized spacial score (nSPS) is 12.2. The number of fused-ring (bicyclic) bond motifs is 9. The first-order valence-corrected chi connectivity index (χ1v) is 14.8. The first kappa shape index (κ1) is 22.9. The minimum Gasteiger partial charge on any atom is -0.308 e. The van der Waals surface area contributed by atoms with Crippen LogP contribution in [0, 0.1) is 0 Å². The van der Waals surface area contributed by atoms with Gasteiger partial charge in [-0.15, -0.1) is 0 Å². The van der Waals surface area contributed by atoms with Crippen molar-refractivity contribution < 1.29 is 0 Å². The van der Waals surface area contributed by atoms with E-state index in [1.165, 1.54) is 87.5 Å². The van der Waals surface area contributed by atoms with Crippen LogP contribution in [-0.2, 0) is 0 Å². The van der Waals surface area contributed by atoms with Crippen LogP contribution in [0.2, 0.25) is 0 Å². The maximum absolute atomic E-state index is 4.45. The van der Waals surface area contributed by atoms with Gasteiger partial charge in [-0.1, -0.05) is 91.0 Å². The molecule has 0 atom stereocenters. The largest absolute Gasteiger partial charge is 0.308 e. The number of aromatic nitrogens is 2. The zero-order valence-electron chi connectivity index (χ0n) is 23.3. The van der Waals surface area contributed by atoms with E-state index in [-0.39, 0.29) is 0 Å². The van der Waals surface area contributed by atoms with Gasteiger partial charge in [0.1, 0.15) is 0 Å². The first-order valence-electron chi connectivity index (χ1n) is 14.8. The molecule has 0 amide bonds. The Kier molecular flexibility index (Phi) is 4.48. The molecule has 0 saturated heterocycles. The van der Waals surface area contributed by atoms with Crippen molar-refractivity contribution in [3.05, 3.63) is 146 Å². The molecule has 0 aliphatic heterocycles. The zero-order chi connectivity index (χ0) is 28.1. The Morgan fingerprint density at radius 3 is 1.95 bits per heavy atom. The fraction of sp³-hybridized carbons (Fsp3) is 0. The van der Waals surface area contributed by atoms with Gasteiger partial charge in [0, 0.05) is 17.0 Å². The molecule has 1 aliphatic rings. The van der Waals surface area contributed by atoms with Gasteiger partial charge < -0.3 is 4.57 Å². The van der Waals surface area contributed by atoms with Crippen LogP contribution in [0.1, 0.15) is 0 Å². The van der Waals surface area contributed by atoms with Crippen molar-refractivity contribution in [3.63, 3.8) is 0 Å². The van der Waals surface area contributed by atoms with Gasteiger partial charge in [-0.2, -0.15) is 0 Å². The lowest BCUT2D eigenvalue weighted by Gasteiger charge is -2.11. The Bertz CT molecular complexity index is 2560. The smallest absolute Gasteiger partial charge is 0.0645 e. The summed E-state index contributed by atoms with van der Waals surface area (Å²) in [6.45, 7) is 0. The van der Waals surface area contributed by atoms with E-state index in [9.17, 15) is 0 Å². The monoisotopic (exact) mass is 544 g/mol. The SMILES string of the molecule is c1cncc(-n2c3ccc(-c4ccc5c6c(cccc46)-c4cc6ccccc6cc4-5)cc3c3c4ccccc4ccc32)c1. The van der Waals surface area contributed by atoms with E-state index in [1.807, 2.05) is 18.5 Å². The molecule has 0 unspecified atom stereocenters. The van der Waals surface area contributed by atoms with E-state index in [2.05, 4.69) is 137 Å². The summed E-state index contributed by atoms with van der Waals surface area (Å²) < 4.78 is 2.35. The second-order valence-electron chi connectivity index (χ2n) is 11.6. The molecule has 1 aliphatic carbocycles. The summed E-state index contributed by atoms with van der Waals surface area (Å²) in [6, 6.07) is 49.2. The van der Waals surface area contributed by atoms with E-state index in [0.717, 1.165) is 5.69 Å². The maximum Gasteiger partial charge on any atom is 0.0645 e. The summed E-state index contributed by atoms with van der Waals surface area (Å²) in [5.41, 5.74) is 11.3. The van der Waals surface area contributed by atoms with E-state index in [1.54, 1.807) is 0 Å². The lowest BCUT2D eigenvalue weighted by atomic mass is 9.93. The number of hydrogen-bond donors (Lipinski definition) is 0. The molecule has 9 aromatic rings. The number of benzene rings is 7. The molecule has 7 aromatic carbocycles. The van der Waals surface area contributed by atoms with E-state index in [0.29, 0.717) is 0 Å². The lowest BCUT2D eigenvalue weighted by Crippen LogP contribution is -1.94. The maximum atomic E-state index is 4.45. The summed E-state index contributed by atoms with van der Waals surface area (Å²) in [7, 11) is 0. The molecule has 0 spiro atoms. The molecule has 2 heteroatoms. The molecule has 2 aromatic heterocycles. The van der Waals surface area contributed by atoms with Crippen molar-refractivity contribution in [2.75, 3.05) is 0 Å². The van der Waals surface area contributed by atoms with Crippen molar-refractivity contribution in [2.45, 2.75) is 0 Å². The van der Waals surface area contributed by atoms with Crippen molar-refractivity contribution in [2.24, 2.45) is 0 Å². The highest BCUT2D eigenvalue weighted by molar-refractivity contribution is 6.23. The van der Waals surface area contributed by atoms with Gasteiger partial charge in [0.25, 0.3) is 0 Å². The molecule has 0 fully saturated rings. The molecule has 0 N–H and O–H groups in total. The van der Waals surface area contributed by atoms with Crippen LogP contribution in [0.4, 0.5) is 0 Å². The summed E-state index contributed by atoms with van der Waals surface area (Å²) in [5.74, 6) is 0. The third-order valence-corrected chi connectivity index (χ3v) is 9.38. The van der Waals surface area contributed by atoms with Crippen molar-refractivity contribution >= 4 is 54.1 Å². The zero-order valence-corrected chi connectivity index (χ0v) is 23.3. The molecule has 2 heterocycles. The minimum atomic E-state index is 1.07. The summed E-state index contributed by atoms with van der Waals surface area (Å²) in [4.78, 5) is 4.45. The summed E-state index contributed by atoms with van der Waals surface area (Å²) >= 11 is 0. The number of pyridine rings is 1. The Hall–Kier alpha value is -5.73. The van der Waals surface area contributed by atoms with Gasteiger partial charge in [-0.05, 0) is 108 Å². The van der Waals surface area contributed by atoms with E-state index in [4.69, 9.17) is 0 Å². The van der Waals surface area contributed by atoms with Crippen LogP contribution < -0.4 is 0 Å². The number of rotatable bonds is 2. The third kappa shape index (κ3) is 3.10. The Morgan fingerprint density at radius 1 is 0.419 bits per heavy atom. The second kappa shape index (κ2) is 8.40. The number of hydrogen-bond acceptors (Lipinski definition) is 1. The van der Waals surface area contributed by atoms with Gasteiger partial charge >= 0.3 is 0 Å². The predicted molar refractivity (Wildman–Crippen MR) is 181 cm³/mol. The Balaban J connectivity index is 1.26. The first-order chi connectivity index (χ1) is 21.3. The highest BCUT2D eigenvalue weighted by Gasteiger charge is 2.24. The fourth-order valence-corrected chi connectivity index (χ4v) is 7.52. The average Bonchev–Trinajstić information content (AvgIpc) is 3.57. The third-order valence-electron chi connectivity index (χ3n) is 9.38. The molecule has 0 radical (unpaired) electrons. The number of nitrogens with zero attached hydrogens (tertiary/aromatic N) is 2. The van der Waals surface area contributed by atoms with Crippen molar-refractivity contribution in [3.8, 4) is 39.1 Å². The molecule has 2 nitrogen and oxygen atoms in total. The standard InChI is InChI=1S/C41H24N2/c1-2-9-27-22-36-34-17-16-30(32-12-5-13-33(40(32)34)35(36)21-26(27)8-1)28-15-18-38-37(23-28)41-31-11-4-3-7-25(31)14-19-39(41)43(38)29-10-6-20-42-24-29/h1-24H. The van der Waals surface area contributed by atoms with Gasteiger partial charge in [-0.25, -0.2) is 0 Å². The highest BCUT2D eigenvalue weighted by Crippen LogP contribution is 2.50. The van der Waals surface area contributed by atoms with Gasteiger partial charge in [-0.3, -0.25) is 4.98 Å². The fourth-order valence-electron chi connectivity index (χ4n) is 7.52. The summed E-state index contributed by atoms with van der Waals surface area (Å²) in [6.07, 6.45) is 3.79. The molecular formula is C41H24N2. The lowest BCUT2D eigenvalue weighted by molar-refractivity contribution is 1.14. The van der Waals surface area contributed by atoms with Crippen LogP contribution in [0.25, 0.3) is 93.2 Å². The molecule has 0 bridgehead atoms.